The Morgan fingerprint density at radius 3 is 2.47 bits per heavy atom. The molecule has 0 aromatic heterocycles. The van der Waals surface area contributed by atoms with Crippen molar-refractivity contribution < 1.29 is 23.0 Å². The minimum absolute atomic E-state index is 0.000979. The van der Waals surface area contributed by atoms with Crippen LogP contribution < -0.4 is 10.1 Å². The maximum atomic E-state index is 12.2. The van der Waals surface area contributed by atoms with Crippen LogP contribution in [0, 0.1) is 0 Å². The van der Waals surface area contributed by atoms with Crippen molar-refractivity contribution in [3.8, 4) is 5.75 Å². The Hall–Kier alpha value is -1.27. The predicted octanol–water partition coefficient (Wildman–Crippen LogP) is 2.83. The fraction of sp³-hybridized carbons (Fsp3) is 0.538. The van der Waals surface area contributed by atoms with Gasteiger partial charge >= 0.3 is 6.36 Å². The minimum atomic E-state index is -4.69. The standard InChI is InChI=1S/C13H18F3NO2/c1-9(7-10(2)18)17-8-11-5-3-4-6-12(11)19-13(14,15)16/h3-6,9-10,17-18H,7-8H2,1-2H3. The molecule has 2 atom stereocenters. The molecule has 0 aliphatic heterocycles. The van der Waals surface area contributed by atoms with E-state index in [1.54, 1.807) is 19.1 Å². The van der Waals surface area contributed by atoms with Gasteiger partial charge in [-0.3, -0.25) is 0 Å². The number of hydrogen-bond donors (Lipinski definition) is 2. The lowest BCUT2D eigenvalue weighted by molar-refractivity contribution is -0.274. The maximum absolute atomic E-state index is 12.2. The summed E-state index contributed by atoms with van der Waals surface area (Å²) >= 11 is 0. The van der Waals surface area contributed by atoms with E-state index in [2.05, 4.69) is 10.1 Å². The van der Waals surface area contributed by atoms with Crippen molar-refractivity contribution in [1.82, 2.24) is 5.32 Å². The summed E-state index contributed by atoms with van der Waals surface area (Å²) in [6, 6.07) is 6.00. The summed E-state index contributed by atoms with van der Waals surface area (Å²) in [5, 5.41) is 12.3. The summed E-state index contributed by atoms with van der Waals surface area (Å²) in [5.74, 6) is -0.202. The Balaban J connectivity index is 2.63. The van der Waals surface area contributed by atoms with Crippen LogP contribution >= 0.6 is 0 Å². The molecule has 0 saturated heterocycles. The molecular weight excluding hydrogens is 259 g/mol. The second-order valence-electron chi connectivity index (χ2n) is 4.52. The van der Waals surface area contributed by atoms with Crippen molar-refractivity contribution >= 4 is 0 Å². The summed E-state index contributed by atoms with van der Waals surface area (Å²) in [6.07, 6.45) is -4.62. The average Bonchev–Trinajstić information content (AvgIpc) is 2.25. The highest BCUT2D eigenvalue weighted by Crippen LogP contribution is 2.26. The third-order valence-corrected chi connectivity index (χ3v) is 2.53. The smallest absolute Gasteiger partial charge is 0.405 e. The lowest BCUT2D eigenvalue weighted by Crippen LogP contribution is -2.29. The molecule has 2 N–H and O–H groups in total. The summed E-state index contributed by atoms with van der Waals surface area (Å²) in [6.45, 7) is 3.78. The van der Waals surface area contributed by atoms with E-state index in [0.29, 0.717) is 12.0 Å². The van der Waals surface area contributed by atoms with Crippen LogP contribution in [0.5, 0.6) is 5.75 Å². The number of halogens is 3. The Labute approximate surface area is 110 Å². The summed E-state index contributed by atoms with van der Waals surface area (Å²) in [4.78, 5) is 0. The molecule has 1 aromatic rings. The fourth-order valence-corrected chi connectivity index (χ4v) is 1.75. The molecule has 0 aliphatic carbocycles. The molecule has 2 unspecified atom stereocenters. The first-order valence-electron chi connectivity index (χ1n) is 6.03. The van der Waals surface area contributed by atoms with E-state index in [1.165, 1.54) is 12.1 Å². The largest absolute Gasteiger partial charge is 0.573 e. The van der Waals surface area contributed by atoms with Gasteiger partial charge < -0.3 is 15.2 Å². The van der Waals surface area contributed by atoms with Crippen LogP contribution in [0.25, 0.3) is 0 Å². The van der Waals surface area contributed by atoms with Crippen LogP contribution in [0.4, 0.5) is 13.2 Å². The highest BCUT2D eigenvalue weighted by molar-refractivity contribution is 5.33. The highest BCUT2D eigenvalue weighted by Gasteiger charge is 2.31. The first-order valence-corrected chi connectivity index (χ1v) is 6.03. The molecule has 0 saturated carbocycles. The molecule has 108 valence electrons. The number of aliphatic hydroxyl groups excluding tert-OH is 1. The maximum Gasteiger partial charge on any atom is 0.573 e. The van der Waals surface area contributed by atoms with Gasteiger partial charge in [-0.25, -0.2) is 0 Å². The zero-order chi connectivity index (χ0) is 14.5. The van der Waals surface area contributed by atoms with Gasteiger partial charge in [-0.05, 0) is 26.3 Å². The molecule has 0 spiro atoms. The van der Waals surface area contributed by atoms with Crippen LogP contribution in [0.3, 0.4) is 0 Å². The molecule has 0 fully saturated rings. The first-order chi connectivity index (χ1) is 8.78. The van der Waals surface area contributed by atoms with E-state index in [0.717, 1.165) is 0 Å². The monoisotopic (exact) mass is 277 g/mol. The number of aliphatic hydroxyl groups is 1. The van der Waals surface area contributed by atoms with Gasteiger partial charge in [0.15, 0.2) is 0 Å². The number of benzene rings is 1. The number of ether oxygens (including phenoxy) is 1. The van der Waals surface area contributed by atoms with Gasteiger partial charge in [0, 0.05) is 18.2 Å². The van der Waals surface area contributed by atoms with E-state index in [4.69, 9.17) is 0 Å². The molecule has 6 heteroatoms. The molecule has 0 radical (unpaired) electrons. The summed E-state index contributed by atoms with van der Waals surface area (Å²) < 4.78 is 40.6. The van der Waals surface area contributed by atoms with E-state index in [-0.39, 0.29) is 18.3 Å². The number of rotatable bonds is 6. The lowest BCUT2D eigenvalue weighted by atomic mass is 10.1. The van der Waals surface area contributed by atoms with Gasteiger partial charge in [0.05, 0.1) is 6.10 Å². The normalized spacial score (nSPS) is 15.1. The fourth-order valence-electron chi connectivity index (χ4n) is 1.75. The van der Waals surface area contributed by atoms with Gasteiger partial charge in [0.2, 0.25) is 0 Å². The minimum Gasteiger partial charge on any atom is -0.405 e. The number of para-hydroxylation sites is 1. The van der Waals surface area contributed by atoms with Crippen molar-refractivity contribution in [2.24, 2.45) is 0 Å². The van der Waals surface area contributed by atoms with Crippen LogP contribution in [0.2, 0.25) is 0 Å². The van der Waals surface area contributed by atoms with Crippen LogP contribution in [-0.4, -0.2) is 23.6 Å². The Bertz CT molecular complexity index is 394. The first kappa shape index (κ1) is 15.8. The van der Waals surface area contributed by atoms with Crippen LogP contribution in [0.1, 0.15) is 25.8 Å². The van der Waals surface area contributed by atoms with Crippen LogP contribution in [0.15, 0.2) is 24.3 Å². The van der Waals surface area contributed by atoms with E-state index >= 15 is 0 Å². The molecule has 1 rings (SSSR count). The Morgan fingerprint density at radius 2 is 1.89 bits per heavy atom. The number of nitrogens with one attached hydrogen (secondary N) is 1. The second kappa shape index (κ2) is 6.77. The van der Waals surface area contributed by atoms with Gasteiger partial charge in [-0.2, -0.15) is 0 Å². The average molecular weight is 277 g/mol. The van der Waals surface area contributed by atoms with E-state index in [1.807, 2.05) is 6.92 Å². The number of hydrogen-bond acceptors (Lipinski definition) is 3. The third kappa shape index (κ3) is 6.45. The van der Waals surface area contributed by atoms with Crippen molar-refractivity contribution in [2.45, 2.75) is 45.3 Å². The summed E-state index contributed by atoms with van der Waals surface area (Å²) in [7, 11) is 0. The topological polar surface area (TPSA) is 41.5 Å². The Morgan fingerprint density at radius 1 is 1.26 bits per heavy atom. The SMILES string of the molecule is CC(O)CC(C)NCc1ccccc1OC(F)(F)F. The molecular formula is C13H18F3NO2. The Kier molecular flexibility index (Phi) is 5.62. The van der Waals surface area contributed by atoms with Crippen molar-refractivity contribution in [3.63, 3.8) is 0 Å². The second-order valence-corrected chi connectivity index (χ2v) is 4.52. The molecule has 0 amide bonds. The third-order valence-electron chi connectivity index (χ3n) is 2.53. The van der Waals surface area contributed by atoms with Crippen LogP contribution in [-0.2, 0) is 6.54 Å². The molecule has 19 heavy (non-hydrogen) atoms. The lowest BCUT2D eigenvalue weighted by Gasteiger charge is -2.17. The van der Waals surface area contributed by atoms with Gasteiger partial charge in [-0.15, -0.1) is 13.2 Å². The zero-order valence-electron chi connectivity index (χ0n) is 10.9. The van der Waals surface area contributed by atoms with Gasteiger partial charge in [0.25, 0.3) is 0 Å². The van der Waals surface area contributed by atoms with E-state index < -0.39 is 12.5 Å². The quantitative estimate of drug-likeness (QED) is 0.840. The van der Waals surface area contributed by atoms with Crippen molar-refractivity contribution in [1.29, 1.82) is 0 Å². The van der Waals surface area contributed by atoms with Gasteiger partial charge in [-0.1, -0.05) is 18.2 Å². The van der Waals surface area contributed by atoms with Gasteiger partial charge in [0.1, 0.15) is 5.75 Å². The molecule has 3 nitrogen and oxygen atoms in total. The summed E-state index contributed by atoms with van der Waals surface area (Å²) in [5.41, 5.74) is 0.428. The molecule has 1 aromatic carbocycles. The molecule has 0 aliphatic rings. The molecule has 0 heterocycles. The number of alkyl halides is 3. The van der Waals surface area contributed by atoms with Crippen molar-refractivity contribution in [2.75, 3.05) is 0 Å². The predicted molar refractivity (Wildman–Crippen MR) is 65.7 cm³/mol. The highest BCUT2D eigenvalue weighted by atomic mass is 19.4. The van der Waals surface area contributed by atoms with E-state index in [9.17, 15) is 18.3 Å². The van der Waals surface area contributed by atoms with Crippen molar-refractivity contribution in [3.05, 3.63) is 29.8 Å². The molecule has 0 bridgehead atoms. The zero-order valence-corrected chi connectivity index (χ0v) is 10.9.